The molecule has 0 unspecified atom stereocenters. The van der Waals surface area contributed by atoms with Crippen LogP contribution in [0.15, 0.2) is 75.8 Å². The highest BCUT2D eigenvalue weighted by Gasteiger charge is 2.14. The average molecular weight is 491 g/mol. The molecule has 6 nitrogen and oxygen atoms in total. The van der Waals surface area contributed by atoms with Gasteiger partial charge in [-0.15, -0.1) is 0 Å². The van der Waals surface area contributed by atoms with Gasteiger partial charge in [0.15, 0.2) is 0 Å². The van der Waals surface area contributed by atoms with Gasteiger partial charge in [-0.05, 0) is 48.6 Å². The Balaban J connectivity index is 1.31. The van der Waals surface area contributed by atoms with Gasteiger partial charge in [-0.1, -0.05) is 42.5 Å². The topological polar surface area (TPSA) is 64.8 Å². The SMILES string of the molecule is CCOC(=O)CN(Cc1ccccc1)Cc1ccc(OCCc2nc(-c3ccsc3)oc2C)cc1. The number of rotatable bonds is 12. The van der Waals surface area contributed by atoms with E-state index in [4.69, 9.17) is 13.9 Å². The third kappa shape index (κ3) is 7.28. The van der Waals surface area contributed by atoms with Gasteiger partial charge in [-0.3, -0.25) is 9.69 Å². The molecular formula is C28H30N2O4S. The third-order valence-corrected chi connectivity index (χ3v) is 6.19. The Kier molecular flexibility index (Phi) is 8.70. The van der Waals surface area contributed by atoms with E-state index in [-0.39, 0.29) is 12.5 Å². The Hall–Kier alpha value is -3.42. The number of oxazole rings is 1. The van der Waals surface area contributed by atoms with Crippen molar-refractivity contribution < 1.29 is 18.7 Å². The van der Waals surface area contributed by atoms with Crippen molar-refractivity contribution in [1.82, 2.24) is 9.88 Å². The van der Waals surface area contributed by atoms with Crippen LogP contribution in [0.1, 0.15) is 29.5 Å². The standard InChI is InChI=1S/C28H30N2O4S/c1-3-32-27(31)19-30(17-22-7-5-4-6-8-22)18-23-9-11-25(12-10-23)33-15-13-26-21(2)34-28(29-26)24-14-16-35-20-24/h4-12,14,16,20H,3,13,15,17-19H2,1-2H3. The van der Waals surface area contributed by atoms with E-state index < -0.39 is 0 Å². The first-order valence-electron chi connectivity index (χ1n) is 11.7. The van der Waals surface area contributed by atoms with Gasteiger partial charge < -0.3 is 13.9 Å². The van der Waals surface area contributed by atoms with Crippen LogP contribution in [0, 0.1) is 6.92 Å². The van der Waals surface area contributed by atoms with Gasteiger partial charge in [-0.2, -0.15) is 11.3 Å². The Morgan fingerprint density at radius 2 is 1.77 bits per heavy atom. The summed E-state index contributed by atoms with van der Waals surface area (Å²) in [6.45, 7) is 6.20. The van der Waals surface area contributed by atoms with E-state index in [1.807, 2.05) is 73.1 Å². The van der Waals surface area contributed by atoms with Crippen molar-refractivity contribution in [2.45, 2.75) is 33.4 Å². The van der Waals surface area contributed by atoms with Crippen molar-refractivity contribution in [2.24, 2.45) is 0 Å². The number of hydrogen-bond acceptors (Lipinski definition) is 7. The van der Waals surface area contributed by atoms with Crippen molar-refractivity contribution in [3.8, 4) is 17.2 Å². The minimum absolute atomic E-state index is 0.214. The van der Waals surface area contributed by atoms with Gasteiger partial charge in [0, 0.05) is 30.5 Å². The lowest BCUT2D eigenvalue weighted by atomic mass is 10.1. The fourth-order valence-corrected chi connectivity index (χ4v) is 4.41. The zero-order chi connectivity index (χ0) is 24.5. The van der Waals surface area contributed by atoms with Crippen LogP contribution in [0.3, 0.4) is 0 Å². The Morgan fingerprint density at radius 3 is 2.46 bits per heavy atom. The van der Waals surface area contributed by atoms with Crippen LogP contribution in [-0.4, -0.2) is 35.6 Å². The van der Waals surface area contributed by atoms with Crippen LogP contribution < -0.4 is 4.74 Å². The first-order valence-corrected chi connectivity index (χ1v) is 12.7. The van der Waals surface area contributed by atoms with Crippen molar-refractivity contribution >= 4 is 17.3 Å². The molecule has 0 saturated heterocycles. The number of ether oxygens (including phenoxy) is 2. The molecule has 0 spiro atoms. The summed E-state index contributed by atoms with van der Waals surface area (Å²) in [6, 6.07) is 20.1. The molecule has 0 N–H and O–H groups in total. The Labute approximate surface area is 210 Å². The van der Waals surface area contributed by atoms with Crippen LogP contribution in [0.2, 0.25) is 0 Å². The van der Waals surface area contributed by atoms with Crippen molar-refractivity contribution in [3.05, 3.63) is 94.0 Å². The molecule has 0 aliphatic carbocycles. The fraction of sp³-hybridized carbons (Fsp3) is 0.286. The van der Waals surface area contributed by atoms with E-state index in [1.54, 1.807) is 11.3 Å². The molecule has 0 aliphatic rings. The molecule has 0 fully saturated rings. The molecular weight excluding hydrogens is 460 g/mol. The van der Waals surface area contributed by atoms with Crippen LogP contribution in [0.4, 0.5) is 0 Å². The highest BCUT2D eigenvalue weighted by molar-refractivity contribution is 7.08. The maximum atomic E-state index is 12.1. The summed E-state index contributed by atoms with van der Waals surface area (Å²) >= 11 is 1.62. The predicted octanol–water partition coefficient (Wildman–Crippen LogP) is 5.90. The minimum Gasteiger partial charge on any atom is -0.493 e. The number of benzene rings is 2. The molecule has 0 saturated carbocycles. The number of thiophene rings is 1. The second kappa shape index (κ2) is 12.3. The van der Waals surface area contributed by atoms with Gasteiger partial charge >= 0.3 is 5.97 Å². The van der Waals surface area contributed by atoms with Crippen LogP contribution in [0.5, 0.6) is 5.75 Å². The van der Waals surface area contributed by atoms with Crippen molar-refractivity contribution in [1.29, 1.82) is 0 Å². The zero-order valence-corrected chi connectivity index (χ0v) is 20.9. The number of aryl methyl sites for hydroxylation is 1. The molecule has 0 bridgehead atoms. The predicted molar refractivity (Wildman–Crippen MR) is 137 cm³/mol. The normalized spacial score (nSPS) is 11.1. The lowest BCUT2D eigenvalue weighted by molar-refractivity contribution is -0.144. The lowest BCUT2D eigenvalue weighted by Gasteiger charge is -2.21. The summed E-state index contributed by atoms with van der Waals surface area (Å²) < 4.78 is 16.9. The summed E-state index contributed by atoms with van der Waals surface area (Å²) in [4.78, 5) is 18.8. The molecule has 0 amide bonds. The lowest BCUT2D eigenvalue weighted by Crippen LogP contribution is -2.30. The number of nitrogens with zero attached hydrogens (tertiary/aromatic N) is 2. The third-order valence-electron chi connectivity index (χ3n) is 5.50. The van der Waals surface area contributed by atoms with E-state index >= 15 is 0 Å². The maximum absolute atomic E-state index is 12.1. The van der Waals surface area contributed by atoms with E-state index in [2.05, 4.69) is 22.0 Å². The summed E-state index contributed by atoms with van der Waals surface area (Å²) in [7, 11) is 0. The zero-order valence-electron chi connectivity index (χ0n) is 20.1. The van der Waals surface area contributed by atoms with Gasteiger partial charge in [0.25, 0.3) is 0 Å². The Bertz CT molecular complexity index is 1190. The highest BCUT2D eigenvalue weighted by Crippen LogP contribution is 2.24. The van der Waals surface area contributed by atoms with Crippen molar-refractivity contribution in [2.75, 3.05) is 19.8 Å². The average Bonchev–Trinajstić information content (AvgIpc) is 3.51. The summed E-state index contributed by atoms with van der Waals surface area (Å²) in [5.41, 5.74) is 4.18. The molecule has 2 aromatic carbocycles. The number of carbonyl (C=O) groups is 1. The van der Waals surface area contributed by atoms with Gasteiger partial charge in [0.05, 0.1) is 25.5 Å². The molecule has 182 valence electrons. The molecule has 2 heterocycles. The molecule has 0 aliphatic heterocycles. The fourth-order valence-electron chi connectivity index (χ4n) is 3.78. The number of carbonyl (C=O) groups excluding carboxylic acids is 1. The van der Waals surface area contributed by atoms with Crippen molar-refractivity contribution in [3.63, 3.8) is 0 Å². The maximum Gasteiger partial charge on any atom is 0.320 e. The molecule has 35 heavy (non-hydrogen) atoms. The molecule has 2 aromatic heterocycles. The quantitative estimate of drug-likeness (QED) is 0.231. The van der Waals surface area contributed by atoms with E-state index in [0.29, 0.717) is 38.6 Å². The van der Waals surface area contributed by atoms with E-state index in [0.717, 1.165) is 33.9 Å². The monoisotopic (exact) mass is 490 g/mol. The van der Waals surface area contributed by atoms with Gasteiger partial charge in [0.1, 0.15) is 11.5 Å². The molecule has 0 radical (unpaired) electrons. The Morgan fingerprint density at radius 1 is 1.03 bits per heavy atom. The van der Waals surface area contributed by atoms with Crippen LogP contribution >= 0.6 is 11.3 Å². The van der Waals surface area contributed by atoms with Gasteiger partial charge in [-0.25, -0.2) is 4.98 Å². The second-order valence-electron chi connectivity index (χ2n) is 8.21. The summed E-state index contributed by atoms with van der Waals surface area (Å²) in [5, 5.41) is 4.04. The smallest absolute Gasteiger partial charge is 0.320 e. The van der Waals surface area contributed by atoms with Crippen LogP contribution in [0.25, 0.3) is 11.5 Å². The minimum atomic E-state index is -0.214. The van der Waals surface area contributed by atoms with Gasteiger partial charge in [0.2, 0.25) is 5.89 Å². The first kappa shape index (κ1) is 24.7. The summed E-state index contributed by atoms with van der Waals surface area (Å²) in [6.07, 6.45) is 0.672. The number of esters is 1. The molecule has 4 aromatic rings. The summed E-state index contributed by atoms with van der Waals surface area (Å²) in [5.74, 6) is 2.07. The number of hydrogen-bond donors (Lipinski definition) is 0. The molecule has 0 atom stereocenters. The molecule has 7 heteroatoms. The molecule has 4 rings (SSSR count). The van der Waals surface area contributed by atoms with E-state index in [1.165, 1.54) is 0 Å². The largest absolute Gasteiger partial charge is 0.493 e. The van der Waals surface area contributed by atoms with Crippen LogP contribution in [-0.2, 0) is 29.0 Å². The highest BCUT2D eigenvalue weighted by atomic mass is 32.1. The second-order valence-corrected chi connectivity index (χ2v) is 8.99. The van der Waals surface area contributed by atoms with E-state index in [9.17, 15) is 4.79 Å². The first-order chi connectivity index (χ1) is 17.1. The number of aromatic nitrogens is 1.